The minimum absolute atomic E-state index is 0.116. The molecule has 0 amide bonds. The molecule has 16 heavy (non-hydrogen) atoms. The van der Waals surface area contributed by atoms with E-state index in [-0.39, 0.29) is 5.03 Å². The number of halogens is 2. The van der Waals surface area contributed by atoms with Crippen molar-refractivity contribution in [2.75, 3.05) is 5.88 Å². The second-order valence-electron chi connectivity index (χ2n) is 3.55. The van der Waals surface area contributed by atoms with Gasteiger partial charge in [0.15, 0.2) is 14.9 Å². The largest absolute Gasteiger partial charge is 0.240 e. The van der Waals surface area contributed by atoms with Gasteiger partial charge in [-0.25, -0.2) is 13.4 Å². The van der Waals surface area contributed by atoms with E-state index in [9.17, 15) is 8.42 Å². The Morgan fingerprint density at radius 2 is 2.12 bits per heavy atom. The fourth-order valence-corrected chi connectivity index (χ4v) is 3.23. The zero-order valence-corrected chi connectivity index (χ0v) is 12.2. The highest BCUT2D eigenvalue weighted by Gasteiger charge is 2.24. The van der Waals surface area contributed by atoms with Crippen LogP contribution in [0, 0.1) is 6.92 Å². The average Bonchev–Trinajstić information content (AvgIpc) is 2.22. The molecule has 1 aromatic rings. The van der Waals surface area contributed by atoms with Crippen molar-refractivity contribution in [1.29, 1.82) is 0 Å². The molecule has 1 rings (SSSR count). The number of sulfone groups is 1. The lowest BCUT2D eigenvalue weighted by Crippen LogP contribution is -2.19. The number of aromatic nitrogens is 1. The minimum Gasteiger partial charge on any atom is -0.240 e. The molecule has 1 aromatic heterocycles. The Bertz CT molecular complexity index is 476. The van der Waals surface area contributed by atoms with Gasteiger partial charge in [-0.2, -0.15) is 0 Å². The van der Waals surface area contributed by atoms with Crippen LogP contribution in [0.15, 0.2) is 21.6 Å². The number of aryl methyl sites for hydroxylation is 1. The van der Waals surface area contributed by atoms with Crippen LogP contribution in [0.25, 0.3) is 0 Å². The molecule has 0 radical (unpaired) electrons. The molecule has 0 N–H and O–H groups in total. The van der Waals surface area contributed by atoms with E-state index in [4.69, 9.17) is 11.6 Å². The van der Waals surface area contributed by atoms with E-state index in [1.54, 1.807) is 19.9 Å². The summed E-state index contributed by atoms with van der Waals surface area (Å²) in [6.07, 6.45) is 0.431. The van der Waals surface area contributed by atoms with Crippen LogP contribution < -0.4 is 0 Å². The molecule has 0 aliphatic heterocycles. The van der Waals surface area contributed by atoms with Crippen molar-refractivity contribution >= 4 is 37.4 Å². The van der Waals surface area contributed by atoms with Gasteiger partial charge >= 0.3 is 0 Å². The minimum atomic E-state index is -3.36. The number of hydrogen-bond acceptors (Lipinski definition) is 3. The first-order valence-corrected chi connectivity index (χ1v) is 7.70. The molecule has 0 aliphatic carbocycles. The summed E-state index contributed by atoms with van der Waals surface area (Å²) in [6, 6.07) is 3.21. The van der Waals surface area contributed by atoms with Gasteiger partial charge in [-0.05, 0) is 48.3 Å². The van der Waals surface area contributed by atoms with Crippen LogP contribution in [0.1, 0.15) is 19.0 Å². The van der Waals surface area contributed by atoms with E-state index in [0.717, 1.165) is 4.47 Å². The maximum Gasteiger partial charge on any atom is 0.198 e. The molecule has 1 unspecified atom stereocenters. The Balaban J connectivity index is 3.12. The quantitative estimate of drug-likeness (QED) is 0.799. The monoisotopic (exact) mass is 325 g/mol. The summed E-state index contributed by atoms with van der Waals surface area (Å²) in [4.78, 5) is 4.07. The van der Waals surface area contributed by atoms with Gasteiger partial charge < -0.3 is 0 Å². The lowest BCUT2D eigenvalue weighted by Gasteiger charge is -2.11. The van der Waals surface area contributed by atoms with Crippen LogP contribution in [0.5, 0.6) is 0 Å². The molecule has 0 saturated heterocycles. The summed E-state index contributed by atoms with van der Waals surface area (Å²) in [5, 5.41) is -0.385. The van der Waals surface area contributed by atoms with Crippen LogP contribution >= 0.6 is 27.5 Å². The normalized spacial score (nSPS) is 13.8. The summed E-state index contributed by atoms with van der Waals surface area (Å²) >= 11 is 8.84. The summed E-state index contributed by atoms with van der Waals surface area (Å²) in [6.45, 7) is 3.41. The third-order valence-electron chi connectivity index (χ3n) is 2.33. The topological polar surface area (TPSA) is 47.0 Å². The smallest absolute Gasteiger partial charge is 0.198 e. The molecule has 1 heterocycles. The van der Waals surface area contributed by atoms with Gasteiger partial charge in [-0.3, -0.25) is 0 Å². The van der Waals surface area contributed by atoms with Gasteiger partial charge in [0.25, 0.3) is 0 Å². The number of pyridine rings is 1. The van der Waals surface area contributed by atoms with Crippen molar-refractivity contribution in [3.05, 3.63) is 22.3 Å². The first-order chi connectivity index (χ1) is 7.39. The first kappa shape index (κ1) is 13.9. The molecular weight excluding hydrogens is 314 g/mol. The molecule has 0 aromatic carbocycles. The van der Waals surface area contributed by atoms with E-state index in [2.05, 4.69) is 20.9 Å². The van der Waals surface area contributed by atoms with Gasteiger partial charge in [0, 0.05) is 10.4 Å². The highest BCUT2D eigenvalue weighted by atomic mass is 79.9. The standard InChI is InChI=1S/C10H13BrClNO2S/c1-7(5-6-12)16(14,15)10-4-3-9(11)8(2)13-10/h3-4,7H,5-6H2,1-2H3. The molecule has 3 nitrogen and oxygen atoms in total. The van der Waals surface area contributed by atoms with Gasteiger partial charge in [0.2, 0.25) is 0 Å². The van der Waals surface area contributed by atoms with Gasteiger partial charge in [0.1, 0.15) is 0 Å². The SMILES string of the molecule is Cc1nc(S(=O)(=O)C(C)CCCl)ccc1Br. The number of alkyl halides is 1. The predicted octanol–water partition coefficient (Wildman–Crippen LogP) is 2.94. The summed E-state index contributed by atoms with van der Waals surface area (Å²) in [5.41, 5.74) is 0.666. The van der Waals surface area contributed by atoms with E-state index < -0.39 is 15.1 Å². The average molecular weight is 327 g/mol. The third kappa shape index (κ3) is 2.96. The second kappa shape index (κ2) is 5.47. The number of hydrogen-bond donors (Lipinski definition) is 0. The van der Waals surface area contributed by atoms with Crippen molar-refractivity contribution in [2.24, 2.45) is 0 Å². The summed E-state index contributed by atoms with van der Waals surface area (Å²) in [5.74, 6) is 0.329. The number of nitrogens with zero attached hydrogens (tertiary/aromatic N) is 1. The lowest BCUT2D eigenvalue weighted by atomic mass is 10.4. The molecule has 0 spiro atoms. The fraction of sp³-hybridized carbons (Fsp3) is 0.500. The fourth-order valence-electron chi connectivity index (χ4n) is 1.19. The maximum absolute atomic E-state index is 12.0. The molecule has 6 heteroatoms. The molecule has 0 aliphatic rings. The lowest BCUT2D eigenvalue weighted by molar-refractivity contribution is 0.577. The highest BCUT2D eigenvalue weighted by Crippen LogP contribution is 2.20. The molecule has 0 bridgehead atoms. The Kier molecular flexibility index (Phi) is 4.76. The number of rotatable bonds is 4. The zero-order chi connectivity index (χ0) is 12.3. The molecule has 0 fully saturated rings. The predicted molar refractivity (Wildman–Crippen MR) is 68.7 cm³/mol. The summed E-state index contributed by atoms with van der Waals surface area (Å²) < 4.78 is 24.9. The van der Waals surface area contributed by atoms with Crippen LogP contribution in [0.4, 0.5) is 0 Å². The van der Waals surface area contributed by atoms with Crippen LogP contribution in [0.3, 0.4) is 0 Å². The second-order valence-corrected chi connectivity index (χ2v) is 7.10. The third-order valence-corrected chi connectivity index (χ3v) is 5.49. The van der Waals surface area contributed by atoms with Crippen LogP contribution in [-0.2, 0) is 9.84 Å². The van der Waals surface area contributed by atoms with Crippen molar-refractivity contribution in [1.82, 2.24) is 4.98 Å². The first-order valence-electron chi connectivity index (χ1n) is 4.82. The Morgan fingerprint density at radius 3 is 2.62 bits per heavy atom. The van der Waals surface area contributed by atoms with Gasteiger partial charge in [-0.1, -0.05) is 0 Å². The van der Waals surface area contributed by atoms with Crippen molar-refractivity contribution < 1.29 is 8.42 Å². The van der Waals surface area contributed by atoms with Crippen LogP contribution in [-0.4, -0.2) is 24.5 Å². The molecule has 1 atom stereocenters. The molecular formula is C10H13BrClNO2S. The van der Waals surface area contributed by atoms with Gasteiger partial charge in [0.05, 0.1) is 10.9 Å². The highest BCUT2D eigenvalue weighted by molar-refractivity contribution is 9.10. The van der Waals surface area contributed by atoms with Crippen molar-refractivity contribution in [3.63, 3.8) is 0 Å². The van der Waals surface area contributed by atoms with Gasteiger partial charge in [-0.15, -0.1) is 11.6 Å². The van der Waals surface area contributed by atoms with E-state index in [1.807, 2.05) is 0 Å². The maximum atomic E-state index is 12.0. The van der Waals surface area contributed by atoms with E-state index in [1.165, 1.54) is 6.07 Å². The Morgan fingerprint density at radius 1 is 1.50 bits per heavy atom. The Hall–Kier alpha value is -0.130. The van der Waals surface area contributed by atoms with E-state index in [0.29, 0.717) is 18.0 Å². The molecule has 90 valence electrons. The summed E-state index contributed by atoms with van der Waals surface area (Å²) in [7, 11) is -3.36. The van der Waals surface area contributed by atoms with Crippen molar-refractivity contribution in [3.8, 4) is 0 Å². The zero-order valence-electron chi connectivity index (χ0n) is 9.07. The van der Waals surface area contributed by atoms with E-state index >= 15 is 0 Å². The molecule has 0 saturated carbocycles. The van der Waals surface area contributed by atoms with Crippen molar-refractivity contribution in [2.45, 2.75) is 30.5 Å². The Labute approximate surface area is 109 Å². The van der Waals surface area contributed by atoms with Crippen LogP contribution in [0.2, 0.25) is 0 Å².